The summed E-state index contributed by atoms with van der Waals surface area (Å²) >= 11 is 0. The minimum Gasteiger partial charge on any atom is -0.502 e. The van der Waals surface area contributed by atoms with Gasteiger partial charge in [0.05, 0.1) is 30.8 Å². The highest BCUT2D eigenvalue weighted by Crippen LogP contribution is 2.25. The summed E-state index contributed by atoms with van der Waals surface area (Å²) in [5, 5.41) is 23.7. The molecular formula is C13H15N3O6. The Bertz CT molecular complexity index is 610. The van der Waals surface area contributed by atoms with Crippen LogP contribution in [-0.4, -0.2) is 41.2 Å². The van der Waals surface area contributed by atoms with Gasteiger partial charge >= 0.3 is 5.69 Å². The number of rotatable bonds is 5. The highest BCUT2D eigenvalue weighted by atomic mass is 16.7. The zero-order chi connectivity index (χ0) is 16.2. The molecule has 0 unspecified atom stereocenters. The van der Waals surface area contributed by atoms with Crippen molar-refractivity contribution >= 4 is 17.8 Å². The van der Waals surface area contributed by atoms with Gasteiger partial charge in [-0.2, -0.15) is 5.10 Å². The van der Waals surface area contributed by atoms with Gasteiger partial charge in [0.2, 0.25) is 5.91 Å². The molecule has 1 saturated heterocycles. The number of ether oxygens (including phenoxy) is 2. The number of hydrazone groups is 1. The van der Waals surface area contributed by atoms with Gasteiger partial charge in [-0.05, 0) is 19.1 Å². The van der Waals surface area contributed by atoms with E-state index in [1.165, 1.54) is 18.3 Å². The number of aromatic hydroxyl groups is 1. The van der Waals surface area contributed by atoms with Crippen LogP contribution in [-0.2, 0) is 14.3 Å². The summed E-state index contributed by atoms with van der Waals surface area (Å²) in [6, 6.07) is 3.76. The van der Waals surface area contributed by atoms with Gasteiger partial charge in [0, 0.05) is 11.6 Å². The van der Waals surface area contributed by atoms with E-state index in [-0.39, 0.29) is 6.42 Å². The number of carbonyl (C=O) groups excluding carboxylic acids is 1. The van der Waals surface area contributed by atoms with Gasteiger partial charge in [-0.1, -0.05) is 0 Å². The number of hydrogen-bond acceptors (Lipinski definition) is 7. The summed E-state index contributed by atoms with van der Waals surface area (Å²) < 4.78 is 10.6. The zero-order valence-electron chi connectivity index (χ0n) is 11.8. The number of benzene rings is 1. The van der Waals surface area contributed by atoms with E-state index in [0.717, 1.165) is 6.07 Å². The van der Waals surface area contributed by atoms with Crippen molar-refractivity contribution in [2.45, 2.75) is 19.1 Å². The number of carbonyl (C=O) groups is 1. The normalized spacial score (nSPS) is 16.8. The molecule has 1 aromatic rings. The standard InChI is InChI=1S/C13H15N3O6/c1-13(21-4-5-22-13)7-12(18)15-14-8-9-2-3-11(17)10(6-9)16(19)20/h2-3,6,8,17H,4-5,7H2,1H3,(H,15,18)/b14-8+. The minimum absolute atomic E-state index is 0.0138. The SMILES string of the molecule is CC1(CC(=O)N/N=C/c2ccc(O)c([N+](=O)[O-])c2)OCCO1. The van der Waals surface area contributed by atoms with Crippen LogP contribution in [0.25, 0.3) is 0 Å². The van der Waals surface area contributed by atoms with Gasteiger partial charge in [0.25, 0.3) is 0 Å². The number of nitrogens with zero attached hydrogens (tertiary/aromatic N) is 2. The van der Waals surface area contributed by atoms with Gasteiger partial charge in [0.15, 0.2) is 11.5 Å². The molecule has 1 fully saturated rings. The molecule has 1 aliphatic rings. The Hall–Kier alpha value is -2.52. The molecule has 2 rings (SSSR count). The largest absolute Gasteiger partial charge is 0.502 e. The maximum absolute atomic E-state index is 11.7. The van der Waals surface area contributed by atoms with E-state index in [2.05, 4.69) is 10.5 Å². The third-order valence-electron chi connectivity index (χ3n) is 2.98. The van der Waals surface area contributed by atoms with Crippen molar-refractivity contribution in [2.24, 2.45) is 5.10 Å². The van der Waals surface area contributed by atoms with Crippen molar-refractivity contribution in [3.8, 4) is 5.75 Å². The van der Waals surface area contributed by atoms with Crippen LogP contribution in [0.1, 0.15) is 18.9 Å². The summed E-state index contributed by atoms with van der Waals surface area (Å²) in [6.45, 7) is 2.53. The number of nitro benzene ring substituents is 1. The van der Waals surface area contributed by atoms with Crippen LogP contribution in [0.15, 0.2) is 23.3 Å². The smallest absolute Gasteiger partial charge is 0.311 e. The molecular weight excluding hydrogens is 294 g/mol. The molecule has 0 aliphatic carbocycles. The second-order valence-corrected chi connectivity index (χ2v) is 4.81. The summed E-state index contributed by atoms with van der Waals surface area (Å²) in [7, 11) is 0. The Balaban J connectivity index is 1.93. The third-order valence-corrected chi connectivity index (χ3v) is 2.98. The first-order chi connectivity index (χ1) is 10.4. The molecule has 0 atom stereocenters. The van der Waals surface area contributed by atoms with Gasteiger partial charge in [0.1, 0.15) is 0 Å². The van der Waals surface area contributed by atoms with Crippen molar-refractivity contribution in [2.75, 3.05) is 13.2 Å². The Morgan fingerprint density at radius 1 is 1.55 bits per heavy atom. The second-order valence-electron chi connectivity index (χ2n) is 4.81. The molecule has 1 amide bonds. The molecule has 22 heavy (non-hydrogen) atoms. The maximum atomic E-state index is 11.7. The molecule has 0 aromatic heterocycles. The van der Waals surface area contributed by atoms with E-state index >= 15 is 0 Å². The number of hydrogen-bond donors (Lipinski definition) is 2. The van der Waals surface area contributed by atoms with Gasteiger partial charge < -0.3 is 14.6 Å². The maximum Gasteiger partial charge on any atom is 0.311 e. The second kappa shape index (κ2) is 6.50. The molecule has 0 saturated carbocycles. The van der Waals surface area contributed by atoms with Crippen molar-refractivity contribution in [1.29, 1.82) is 0 Å². The summed E-state index contributed by atoms with van der Waals surface area (Å²) in [4.78, 5) is 21.7. The zero-order valence-corrected chi connectivity index (χ0v) is 11.8. The minimum atomic E-state index is -0.947. The molecule has 0 radical (unpaired) electrons. The molecule has 9 heteroatoms. The van der Waals surface area contributed by atoms with E-state index in [9.17, 15) is 20.0 Å². The summed E-state index contributed by atoms with van der Waals surface area (Å²) in [5.41, 5.74) is 2.22. The summed E-state index contributed by atoms with van der Waals surface area (Å²) in [5.74, 6) is -1.79. The predicted octanol–water partition coefficient (Wildman–Crippen LogP) is 0.904. The molecule has 1 heterocycles. The molecule has 0 bridgehead atoms. The Labute approximate surface area is 125 Å². The van der Waals surface area contributed by atoms with Gasteiger partial charge in [-0.15, -0.1) is 0 Å². The number of nitro groups is 1. The van der Waals surface area contributed by atoms with Crippen molar-refractivity contribution in [1.82, 2.24) is 5.43 Å². The van der Waals surface area contributed by atoms with Crippen LogP contribution in [0.5, 0.6) is 5.75 Å². The Morgan fingerprint density at radius 2 is 2.23 bits per heavy atom. The van der Waals surface area contributed by atoms with E-state index in [1.807, 2.05) is 0 Å². The van der Waals surface area contributed by atoms with Gasteiger partial charge in [-0.3, -0.25) is 14.9 Å². The fraction of sp³-hybridized carbons (Fsp3) is 0.385. The first-order valence-electron chi connectivity index (χ1n) is 6.47. The highest BCUT2D eigenvalue weighted by molar-refractivity contribution is 5.83. The van der Waals surface area contributed by atoms with E-state index in [1.54, 1.807) is 6.92 Å². The number of amides is 1. The van der Waals surface area contributed by atoms with Crippen LogP contribution in [0.2, 0.25) is 0 Å². The van der Waals surface area contributed by atoms with Gasteiger partial charge in [-0.25, -0.2) is 5.43 Å². The monoisotopic (exact) mass is 309 g/mol. The van der Waals surface area contributed by atoms with E-state index in [0.29, 0.717) is 18.8 Å². The van der Waals surface area contributed by atoms with Crippen molar-refractivity contribution in [3.05, 3.63) is 33.9 Å². The molecule has 0 spiro atoms. The third kappa shape index (κ3) is 3.99. The lowest BCUT2D eigenvalue weighted by Crippen LogP contribution is -2.33. The molecule has 2 N–H and O–H groups in total. The predicted molar refractivity (Wildman–Crippen MR) is 75.4 cm³/mol. The quantitative estimate of drug-likeness (QED) is 0.473. The van der Waals surface area contributed by atoms with Crippen LogP contribution < -0.4 is 5.43 Å². The van der Waals surface area contributed by atoms with Crippen molar-refractivity contribution < 1.29 is 24.3 Å². The summed E-state index contributed by atoms with van der Waals surface area (Å²) in [6.07, 6.45) is 1.23. The molecule has 1 aliphatic heterocycles. The Kier molecular flexibility index (Phi) is 4.68. The first-order valence-corrected chi connectivity index (χ1v) is 6.47. The lowest BCUT2D eigenvalue weighted by atomic mass is 10.2. The average Bonchev–Trinajstić information content (AvgIpc) is 2.86. The number of phenolic OH excluding ortho intramolecular Hbond substituents is 1. The van der Waals surface area contributed by atoms with Crippen molar-refractivity contribution in [3.63, 3.8) is 0 Å². The Morgan fingerprint density at radius 3 is 2.86 bits per heavy atom. The topological polar surface area (TPSA) is 123 Å². The molecule has 9 nitrogen and oxygen atoms in total. The lowest BCUT2D eigenvalue weighted by molar-refractivity contribution is -0.385. The number of phenols is 1. The van der Waals surface area contributed by atoms with E-state index < -0.39 is 28.1 Å². The van der Waals surface area contributed by atoms with Crippen LogP contribution in [0.3, 0.4) is 0 Å². The number of nitrogens with one attached hydrogen (secondary N) is 1. The highest BCUT2D eigenvalue weighted by Gasteiger charge is 2.33. The molecule has 118 valence electrons. The average molecular weight is 309 g/mol. The van der Waals surface area contributed by atoms with E-state index in [4.69, 9.17) is 9.47 Å². The van der Waals surface area contributed by atoms with Crippen LogP contribution in [0.4, 0.5) is 5.69 Å². The molecule has 1 aromatic carbocycles. The first kappa shape index (κ1) is 15.9. The fourth-order valence-corrected chi connectivity index (χ4v) is 1.94. The lowest BCUT2D eigenvalue weighted by Gasteiger charge is -2.20. The van der Waals surface area contributed by atoms with Crippen LogP contribution in [0, 0.1) is 10.1 Å². The van der Waals surface area contributed by atoms with Crippen LogP contribution >= 0.6 is 0 Å². The fourth-order valence-electron chi connectivity index (χ4n) is 1.94.